The molecule has 1 saturated carbocycles. The van der Waals surface area contributed by atoms with Gasteiger partial charge >= 0.3 is 0 Å². The van der Waals surface area contributed by atoms with Crippen molar-refractivity contribution >= 4 is 22.8 Å². The Hall–Kier alpha value is -3.94. The van der Waals surface area contributed by atoms with Gasteiger partial charge < -0.3 is 15.8 Å². The van der Waals surface area contributed by atoms with Gasteiger partial charge in [-0.15, -0.1) is 0 Å². The Morgan fingerprint density at radius 2 is 1.72 bits per heavy atom. The van der Waals surface area contributed by atoms with E-state index in [1.807, 2.05) is 59.3 Å². The van der Waals surface area contributed by atoms with Crippen LogP contribution in [0.2, 0.25) is 0 Å². The molecule has 0 radical (unpaired) electrons. The second kappa shape index (κ2) is 10.4. The molecule has 1 amide bonds. The maximum atomic E-state index is 12.2. The van der Waals surface area contributed by atoms with Gasteiger partial charge in [-0.2, -0.15) is 5.10 Å². The molecule has 1 aliphatic carbocycles. The van der Waals surface area contributed by atoms with Crippen LogP contribution in [0.4, 0.5) is 5.82 Å². The van der Waals surface area contributed by atoms with E-state index in [1.165, 1.54) is 6.33 Å². The van der Waals surface area contributed by atoms with Crippen molar-refractivity contribution in [3.63, 3.8) is 0 Å². The Balaban J connectivity index is 1.36. The third-order valence-electron chi connectivity index (χ3n) is 6.63. The van der Waals surface area contributed by atoms with Gasteiger partial charge in [-0.3, -0.25) is 4.79 Å². The molecule has 0 unspecified atom stereocenters. The second-order valence-corrected chi connectivity index (χ2v) is 9.86. The fraction of sp³-hybridized carbons (Fsp3) is 0.357. The molecular formula is C28H32N6O2. The number of nitrogens with one attached hydrogen (secondary N) is 1. The van der Waals surface area contributed by atoms with Gasteiger partial charge in [0, 0.05) is 18.0 Å². The predicted molar refractivity (Wildman–Crippen MR) is 141 cm³/mol. The number of aromatic nitrogens is 4. The minimum absolute atomic E-state index is 0.139. The fourth-order valence-corrected chi connectivity index (χ4v) is 4.88. The van der Waals surface area contributed by atoms with Crippen LogP contribution in [0.5, 0.6) is 11.5 Å². The number of nitrogens with two attached hydrogens (primary N) is 1. The Labute approximate surface area is 210 Å². The summed E-state index contributed by atoms with van der Waals surface area (Å²) in [7, 11) is 0. The van der Waals surface area contributed by atoms with E-state index in [2.05, 4.69) is 29.1 Å². The number of fused-ring (bicyclic) bond motifs is 1. The molecule has 5 rings (SSSR count). The van der Waals surface area contributed by atoms with E-state index in [0.717, 1.165) is 59.5 Å². The first-order chi connectivity index (χ1) is 17.5. The topological polar surface area (TPSA) is 108 Å². The van der Waals surface area contributed by atoms with Crippen molar-refractivity contribution in [3.05, 3.63) is 60.9 Å². The average molecular weight is 485 g/mol. The number of carbonyl (C=O) groups is 1. The average Bonchev–Trinajstić information content (AvgIpc) is 3.26. The number of benzene rings is 2. The van der Waals surface area contributed by atoms with Crippen molar-refractivity contribution in [3.8, 4) is 22.8 Å². The van der Waals surface area contributed by atoms with E-state index in [1.54, 1.807) is 0 Å². The Morgan fingerprint density at radius 1 is 1.03 bits per heavy atom. The van der Waals surface area contributed by atoms with Crippen molar-refractivity contribution in [1.82, 2.24) is 25.1 Å². The predicted octanol–water partition coefficient (Wildman–Crippen LogP) is 5.51. The summed E-state index contributed by atoms with van der Waals surface area (Å²) >= 11 is 0. The van der Waals surface area contributed by atoms with Gasteiger partial charge in [0.25, 0.3) is 0 Å². The molecule has 2 aromatic heterocycles. The summed E-state index contributed by atoms with van der Waals surface area (Å²) in [5, 5.41) is 8.95. The molecule has 2 heterocycles. The number of anilines is 1. The minimum Gasteiger partial charge on any atom is -0.457 e. The molecule has 8 nitrogen and oxygen atoms in total. The number of hydrogen-bond donors (Lipinski definition) is 2. The Morgan fingerprint density at radius 3 is 2.42 bits per heavy atom. The monoisotopic (exact) mass is 484 g/mol. The molecule has 0 aliphatic heterocycles. The molecule has 36 heavy (non-hydrogen) atoms. The number of hydrogen-bond acceptors (Lipinski definition) is 6. The van der Waals surface area contributed by atoms with E-state index in [-0.39, 0.29) is 18.0 Å². The van der Waals surface area contributed by atoms with E-state index in [0.29, 0.717) is 18.2 Å². The van der Waals surface area contributed by atoms with E-state index in [4.69, 9.17) is 15.6 Å². The van der Waals surface area contributed by atoms with Gasteiger partial charge in [-0.1, -0.05) is 32.0 Å². The highest BCUT2D eigenvalue weighted by molar-refractivity contribution is 5.98. The molecule has 8 heteroatoms. The number of nitrogen functional groups attached to an aromatic ring is 1. The standard InChI is InChI=1S/C28H32N6O2/c1-18(2)16-24(35)32-20-10-12-21(13-11-20)34-28-25(27(29)30-17-31-28)26(33-34)19-8-14-23(15-9-19)36-22-6-4-3-5-7-22/h3-9,14-15,17-18,20-21H,10-13,16H2,1-2H3,(H,32,35)(H2,29,30,31). The third-order valence-corrected chi connectivity index (χ3v) is 6.63. The zero-order valence-corrected chi connectivity index (χ0v) is 20.7. The summed E-state index contributed by atoms with van der Waals surface area (Å²) in [6.07, 6.45) is 5.72. The zero-order valence-electron chi connectivity index (χ0n) is 20.7. The second-order valence-electron chi connectivity index (χ2n) is 9.86. The van der Waals surface area contributed by atoms with Crippen LogP contribution in [-0.4, -0.2) is 31.7 Å². The number of para-hydroxylation sites is 1. The number of nitrogens with zero attached hydrogens (tertiary/aromatic N) is 4. The van der Waals surface area contributed by atoms with Crippen molar-refractivity contribution < 1.29 is 9.53 Å². The number of carbonyl (C=O) groups excluding carboxylic acids is 1. The van der Waals surface area contributed by atoms with Gasteiger partial charge in [0.05, 0.1) is 11.4 Å². The summed E-state index contributed by atoms with van der Waals surface area (Å²) in [6, 6.07) is 17.9. The van der Waals surface area contributed by atoms with Crippen molar-refractivity contribution in [2.24, 2.45) is 5.92 Å². The molecule has 3 N–H and O–H groups in total. The van der Waals surface area contributed by atoms with Crippen LogP contribution in [-0.2, 0) is 4.79 Å². The third kappa shape index (κ3) is 5.17. The molecule has 1 fully saturated rings. The lowest BCUT2D eigenvalue weighted by molar-refractivity contribution is -0.122. The highest BCUT2D eigenvalue weighted by Gasteiger charge is 2.27. The normalized spacial score (nSPS) is 17.9. The van der Waals surface area contributed by atoms with E-state index < -0.39 is 0 Å². The number of amides is 1. The molecule has 0 spiro atoms. The number of ether oxygens (including phenoxy) is 1. The summed E-state index contributed by atoms with van der Waals surface area (Å²) in [6.45, 7) is 4.13. The molecule has 2 aromatic carbocycles. The Kier molecular flexibility index (Phi) is 6.84. The maximum Gasteiger partial charge on any atom is 0.220 e. The highest BCUT2D eigenvalue weighted by Crippen LogP contribution is 2.36. The van der Waals surface area contributed by atoms with Crippen molar-refractivity contribution in [2.45, 2.75) is 58.0 Å². The summed E-state index contributed by atoms with van der Waals surface area (Å²) in [5.74, 6) is 2.45. The van der Waals surface area contributed by atoms with Crippen LogP contribution in [0.15, 0.2) is 60.9 Å². The summed E-state index contributed by atoms with van der Waals surface area (Å²) in [5.41, 5.74) is 8.75. The molecular weight excluding hydrogens is 452 g/mol. The van der Waals surface area contributed by atoms with Crippen LogP contribution < -0.4 is 15.8 Å². The maximum absolute atomic E-state index is 12.2. The largest absolute Gasteiger partial charge is 0.457 e. The molecule has 0 bridgehead atoms. The minimum atomic E-state index is 0.139. The molecule has 1 aliphatic rings. The highest BCUT2D eigenvalue weighted by atomic mass is 16.5. The zero-order chi connectivity index (χ0) is 25.1. The molecule has 0 saturated heterocycles. The fourth-order valence-electron chi connectivity index (χ4n) is 4.88. The van der Waals surface area contributed by atoms with Crippen LogP contribution >= 0.6 is 0 Å². The van der Waals surface area contributed by atoms with E-state index in [9.17, 15) is 4.79 Å². The first kappa shape index (κ1) is 23.8. The molecule has 186 valence electrons. The summed E-state index contributed by atoms with van der Waals surface area (Å²) in [4.78, 5) is 21.0. The SMILES string of the molecule is CC(C)CC(=O)NC1CCC(n2nc(-c3ccc(Oc4ccccc4)cc3)c3c(N)ncnc32)CC1. The van der Waals surface area contributed by atoms with Crippen LogP contribution in [0, 0.1) is 5.92 Å². The lowest BCUT2D eigenvalue weighted by Gasteiger charge is -2.29. The summed E-state index contributed by atoms with van der Waals surface area (Å²) < 4.78 is 7.94. The van der Waals surface area contributed by atoms with E-state index >= 15 is 0 Å². The Bertz CT molecular complexity index is 1330. The van der Waals surface area contributed by atoms with Crippen molar-refractivity contribution in [1.29, 1.82) is 0 Å². The smallest absolute Gasteiger partial charge is 0.220 e. The van der Waals surface area contributed by atoms with Crippen LogP contribution in [0.3, 0.4) is 0 Å². The van der Waals surface area contributed by atoms with Gasteiger partial charge in [0.15, 0.2) is 5.65 Å². The van der Waals surface area contributed by atoms with Crippen LogP contribution in [0.25, 0.3) is 22.3 Å². The number of rotatable bonds is 7. The van der Waals surface area contributed by atoms with Gasteiger partial charge in [-0.25, -0.2) is 14.6 Å². The van der Waals surface area contributed by atoms with Gasteiger partial charge in [0.1, 0.15) is 29.3 Å². The van der Waals surface area contributed by atoms with Gasteiger partial charge in [-0.05, 0) is 68.0 Å². The lowest BCUT2D eigenvalue weighted by Crippen LogP contribution is -2.38. The molecule has 4 aromatic rings. The van der Waals surface area contributed by atoms with Crippen molar-refractivity contribution in [2.75, 3.05) is 5.73 Å². The van der Waals surface area contributed by atoms with Gasteiger partial charge in [0.2, 0.25) is 5.91 Å². The lowest BCUT2D eigenvalue weighted by atomic mass is 9.91. The first-order valence-electron chi connectivity index (χ1n) is 12.6. The first-order valence-corrected chi connectivity index (χ1v) is 12.6. The quantitative estimate of drug-likeness (QED) is 0.358. The van der Waals surface area contributed by atoms with Crippen LogP contribution in [0.1, 0.15) is 52.0 Å². The molecule has 0 atom stereocenters.